The summed E-state index contributed by atoms with van der Waals surface area (Å²) in [5.74, 6) is -2.39. The number of carbonyl (C=O) groups is 2. The molecule has 124 valence electrons. The number of carbonyl (C=O) groups excluding carboxylic acids is 1. The lowest BCUT2D eigenvalue weighted by atomic mass is 10.1. The van der Waals surface area contributed by atoms with Crippen molar-refractivity contribution in [2.75, 3.05) is 6.61 Å². The summed E-state index contributed by atoms with van der Waals surface area (Å²) < 4.78 is 5.55. The van der Waals surface area contributed by atoms with E-state index in [9.17, 15) is 19.7 Å². The van der Waals surface area contributed by atoms with Gasteiger partial charge in [-0.1, -0.05) is 30.3 Å². The van der Waals surface area contributed by atoms with Crippen molar-refractivity contribution in [2.24, 2.45) is 0 Å². The zero-order valence-corrected chi connectivity index (χ0v) is 12.7. The van der Waals surface area contributed by atoms with E-state index in [-0.39, 0.29) is 11.3 Å². The maximum absolute atomic E-state index is 11.3. The zero-order valence-electron chi connectivity index (χ0n) is 12.7. The topological polar surface area (TPSA) is 107 Å². The molecule has 0 spiro atoms. The molecule has 0 saturated carbocycles. The highest BCUT2D eigenvalue weighted by atomic mass is 16.6. The van der Waals surface area contributed by atoms with Crippen LogP contribution >= 0.6 is 0 Å². The van der Waals surface area contributed by atoms with Crippen LogP contribution in [0.5, 0.6) is 5.75 Å². The molecule has 0 fully saturated rings. The molecule has 0 aliphatic rings. The number of ketones is 1. The number of carboxylic acid groups (broad SMARTS) is 1. The number of nitrogens with zero attached hydrogens (tertiary/aromatic N) is 1. The first kappa shape index (κ1) is 17.1. The van der Waals surface area contributed by atoms with Gasteiger partial charge in [0.25, 0.3) is 5.69 Å². The van der Waals surface area contributed by atoms with E-state index in [1.165, 1.54) is 18.2 Å². The summed E-state index contributed by atoms with van der Waals surface area (Å²) in [7, 11) is 0. The predicted octanol–water partition coefficient (Wildman–Crippen LogP) is 2.41. The number of ether oxygens (including phenoxy) is 1. The Hall–Kier alpha value is -3.22. The first-order valence-electron chi connectivity index (χ1n) is 7.17. The molecule has 0 heterocycles. The van der Waals surface area contributed by atoms with Gasteiger partial charge in [-0.05, 0) is 17.7 Å². The van der Waals surface area contributed by atoms with Crippen molar-refractivity contribution < 1.29 is 24.4 Å². The molecule has 24 heavy (non-hydrogen) atoms. The lowest BCUT2D eigenvalue weighted by Crippen LogP contribution is -2.16. The van der Waals surface area contributed by atoms with Gasteiger partial charge in [0.15, 0.2) is 0 Å². The second-order valence-electron chi connectivity index (χ2n) is 5.04. The van der Waals surface area contributed by atoms with Crippen molar-refractivity contribution in [1.29, 1.82) is 0 Å². The van der Waals surface area contributed by atoms with Crippen LogP contribution in [0.25, 0.3) is 0 Å². The summed E-state index contributed by atoms with van der Waals surface area (Å²) in [4.78, 5) is 32.3. The average molecular weight is 329 g/mol. The largest absolute Gasteiger partial charge is 0.493 e. The molecule has 2 rings (SSSR count). The molecule has 0 saturated heterocycles. The van der Waals surface area contributed by atoms with Crippen LogP contribution in [0.15, 0.2) is 48.5 Å². The van der Waals surface area contributed by atoms with Gasteiger partial charge in [0.1, 0.15) is 5.75 Å². The Morgan fingerprint density at radius 3 is 2.46 bits per heavy atom. The maximum Gasteiger partial charge on any atom is 0.372 e. The van der Waals surface area contributed by atoms with Crippen LogP contribution in [0, 0.1) is 10.1 Å². The third-order valence-corrected chi connectivity index (χ3v) is 3.34. The highest BCUT2D eigenvalue weighted by Crippen LogP contribution is 2.25. The molecule has 0 amide bonds. The average Bonchev–Trinajstić information content (AvgIpc) is 2.55. The Balaban J connectivity index is 2.09. The number of nitro groups is 1. The molecule has 2 aromatic carbocycles. The van der Waals surface area contributed by atoms with Crippen LogP contribution in [-0.2, 0) is 22.4 Å². The Morgan fingerprint density at radius 1 is 1.12 bits per heavy atom. The Kier molecular flexibility index (Phi) is 5.62. The highest BCUT2D eigenvalue weighted by molar-refractivity contribution is 6.33. The fraction of sp³-hybridized carbons (Fsp3) is 0.176. The minimum absolute atomic E-state index is 0.0182. The standard InChI is InChI=1S/C17H15NO6/c19-16(17(20)21)11-13-10-14(6-7-15(13)18(22)23)24-9-8-12-4-2-1-3-5-12/h1-7,10H,8-9,11H2,(H,20,21). The minimum atomic E-state index is -1.63. The monoisotopic (exact) mass is 329 g/mol. The van der Waals surface area contributed by atoms with Gasteiger partial charge in [0, 0.05) is 24.5 Å². The molecule has 7 nitrogen and oxygen atoms in total. The van der Waals surface area contributed by atoms with E-state index in [0.717, 1.165) is 5.56 Å². The van der Waals surface area contributed by atoms with Gasteiger partial charge in [-0.25, -0.2) is 4.79 Å². The van der Waals surface area contributed by atoms with E-state index in [1.807, 2.05) is 30.3 Å². The molecular formula is C17H15NO6. The zero-order chi connectivity index (χ0) is 17.5. The van der Waals surface area contributed by atoms with Crippen molar-refractivity contribution in [3.05, 3.63) is 69.8 Å². The van der Waals surface area contributed by atoms with Crippen molar-refractivity contribution in [3.63, 3.8) is 0 Å². The maximum atomic E-state index is 11.3. The summed E-state index contributed by atoms with van der Waals surface area (Å²) in [5.41, 5.74) is 0.797. The molecular weight excluding hydrogens is 314 g/mol. The van der Waals surface area contributed by atoms with Crippen LogP contribution < -0.4 is 4.74 Å². The van der Waals surface area contributed by atoms with Gasteiger partial charge in [-0.2, -0.15) is 0 Å². The second-order valence-corrected chi connectivity index (χ2v) is 5.04. The molecule has 0 aliphatic carbocycles. The molecule has 7 heteroatoms. The van der Waals surface area contributed by atoms with Crippen LogP contribution in [0.4, 0.5) is 5.69 Å². The molecule has 0 radical (unpaired) electrons. The smallest absolute Gasteiger partial charge is 0.372 e. The summed E-state index contributed by atoms with van der Waals surface area (Å²) in [6, 6.07) is 13.6. The number of Topliss-reactive ketones (excluding diaryl/α,β-unsaturated/α-hetero) is 1. The molecule has 1 N–H and O–H groups in total. The van der Waals surface area contributed by atoms with Crippen LogP contribution in [0.3, 0.4) is 0 Å². The SMILES string of the molecule is O=C(O)C(=O)Cc1cc(OCCc2ccccc2)ccc1[N+](=O)[O-]. The van der Waals surface area contributed by atoms with Crippen LogP contribution in [0.1, 0.15) is 11.1 Å². The number of benzene rings is 2. The highest BCUT2D eigenvalue weighted by Gasteiger charge is 2.21. The van der Waals surface area contributed by atoms with E-state index >= 15 is 0 Å². The van der Waals surface area contributed by atoms with Gasteiger partial charge in [-0.15, -0.1) is 0 Å². The first-order valence-corrected chi connectivity index (χ1v) is 7.17. The number of nitro benzene ring substituents is 1. The van der Waals surface area contributed by atoms with Gasteiger partial charge < -0.3 is 9.84 Å². The molecule has 2 aromatic rings. The third-order valence-electron chi connectivity index (χ3n) is 3.34. The quantitative estimate of drug-likeness (QED) is 0.453. The minimum Gasteiger partial charge on any atom is -0.493 e. The van der Waals surface area contributed by atoms with Gasteiger partial charge >= 0.3 is 5.97 Å². The number of hydrogen-bond donors (Lipinski definition) is 1. The Labute approximate surface area is 137 Å². The summed E-state index contributed by atoms with van der Waals surface area (Å²) in [5, 5.41) is 19.6. The lowest BCUT2D eigenvalue weighted by molar-refractivity contribution is -0.385. The molecule has 0 atom stereocenters. The fourth-order valence-corrected chi connectivity index (χ4v) is 2.15. The number of aliphatic carboxylic acids is 1. The fourth-order valence-electron chi connectivity index (χ4n) is 2.15. The number of carboxylic acids is 1. The summed E-state index contributed by atoms with van der Waals surface area (Å²) in [6.45, 7) is 0.355. The molecule has 0 unspecified atom stereocenters. The summed E-state index contributed by atoms with van der Waals surface area (Å²) in [6.07, 6.45) is 0.0999. The summed E-state index contributed by atoms with van der Waals surface area (Å²) >= 11 is 0. The van der Waals surface area contributed by atoms with Crippen LogP contribution in [-0.4, -0.2) is 28.4 Å². The van der Waals surface area contributed by atoms with Crippen molar-refractivity contribution >= 4 is 17.4 Å². The molecule has 0 bridgehead atoms. The van der Waals surface area contributed by atoms with Crippen molar-refractivity contribution in [3.8, 4) is 5.75 Å². The Bertz CT molecular complexity index is 757. The second kappa shape index (κ2) is 7.87. The van der Waals surface area contributed by atoms with E-state index < -0.39 is 23.1 Å². The molecule has 0 aliphatic heterocycles. The lowest BCUT2D eigenvalue weighted by Gasteiger charge is -2.08. The van der Waals surface area contributed by atoms with E-state index in [1.54, 1.807) is 0 Å². The van der Waals surface area contributed by atoms with E-state index in [2.05, 4.69) is 0 Å². The van der Waals surface area contributed by atoms with Gasteiger partial charge in [0.05, 0.1) is 11.5 Å². The van der Waals surface area contributed by atoms with Gasteiger partial charge in [-0.3, -0.25) is 14.9 Å². The third kappa shape index (κ3) is 4.64. The van der Waals surface area contributed by atoms with Crippen LogP contribution in [0.2, 0.25) is 0 Å². The number of hydrogen-bond acceptors (Lipinski definition) is 5. The normalized spacial score (nSPS) is 10.2. The molecule has 0 aromatic heterocycles. The number of rotatable bonds is 8. The predicted molar refractivity (Wildman–Crippen MR) is 85.1 cm³/mol. The van der Waals surface area contributed by atoms with Gasteiger partial charge in [0.2, 0.25) is 5.78 Å². The van der Waals surface area contributed by atoms with E-state index in [0.29, 0.717) is 18.8 Å². The van der Waals surface area contributed by atoms with Crippen molar-refractivity contribution in [2.45, 2.75) is 12.8 Å². The first-order chi connectivity index (χ1) is 11.5. The van der Waals surface area contributed by atoms with E-state index in [4.69, 9.17) is 9.84 Å². The Morgan fingerprint density at radius 2 is 1.83 bits per heavy atom. The van der Waals surface area contributed by atoms with Crippen molar-refractivity contribution in [1.82, 2.24) is 0 Å².